The number of anilines is 1. The summed E-state index contributed by atoms with van der Waals surface area (Å²) in [5.41, 5.74) is 1.85. The second-order valence-corrected chi connectivity index (χ2v) is 17.1. The zero-order valence-electron chi connectivity index (χ0n) is 35.3. The second kappa shape index (κ2) is 25.7. The van der Waals surface area contributed by atoms with Gasteiger partial charge in [0.2, 0.25) is 27.8 Å². The van der Waals surface area contributed by atoms with Crippen LogP contribution in [0.15, 0.2) is 91.1 Å². The maximum Gasteiger partial charge on any atom is 0.239 e. The van der Waals surface area contributed by atoms with Crippen molar-refractivity contribution in [1.29, 1.82) is 0 Å². The number of hydrogen-bond donors (Lipinski definition) is 3. The zero-order chi connectivity index (χ0) is 43.2. The Hall–Kier alpha value is -4.72. The monoisotopic (exact) mass is 833 g/mol. The topological polar surface area (TPSA) is 153 Å². The van der Waals surface area contributed by atoms with Crippen LogP contribution in [-0.2, 0) is 19.6 Å². The van der Waals surface area contributed by atoms with Crippen LogP contribution in [0.4, 0.5) is 10.3 Å². The van der Waals surface area contributed by atoms with Gasteiger partial charge >= 0.3 is 0 Å². The molecule has 1 fully saturated rings. The molecular formula is C46H64FN5O6S. The van der Waals surface area contributed by atoms with Crippen molar-refractivity contribution in [2.75, 3.05) is 30.7 Å². The first-order valence-corrected chi connectivity index (χ1v) is 22.5. The van der Waals surface area contributed by atoms with Gasteiger partial charge in [0.1, 0.15) is 5.82 Å². The molecular weight excluding hydrogens is 770 g/mol. The molecule has 3 rings (SSSR count). The van der Waals surface area contributed by atoms with Crippen LogP contribution in [0.3, 0.4) is 0 Å². The number of nitrogens with zero attached hydrogens (tertiary/aromatic N) is 4. The third-order valence-electron chi connectivity index (χ3n) is 9.65. The van der Waals surface area contributed by atoms with Gasteiger partial charge in [0.05, 0.1) is 36.3 Å². The lowest BCUT2D eigenvalue weighted by Gasteiger charge is -2.20. The number of aromatic nitrogens is 2. The fourth-order valence-corrected chi connectivity index (χ4v) is 6.73. The number of benzene rings is 1. The van der Waals surface area contributed by atoms with Gasteiger partial charge in [-0.2, -0.15) is 0 Å². The van der Waals surface area contributed by atoms with Crippen molar-refractivity contribution < 1.29 is 32.6 Å². The van der Waals surface area contributed by atoms with Crippen molar-refractivity contribution in [3.05, 3.63) is 108 Å². The largest absolute Gasteiger partial charge is 0.392 e. The molecule has 3 N–H and O–H groups in total. The zero-order valence-corrected chi connectivity index (χ0v) is 36.2. The minimum Gasteiger partial charge on any atom is -0.392 e. The van der Waals surface area contributed by atoms with Crippen molar-refractivity contribution in [1.82, 2.24) is 20.2 Å². The summed E-state index contributed by atoms with van der Waals surface area (Å²) in [5.74, 6) is -0.998. The third-order valence-corrected chi connectivity index (χ3v) is 10.8. The standard InChI is InChI=1S/C46H64FN5O6S/c1-6-7-8-9-10-11-12-13-14-15-16-17-18-19-20-21-22-23-43(56)52-31-30-38(34-52)48-42(55)33-40(54)32-39(53)28-29-41-44(35(2)3)49-46(51(4)59(5,57)58)50-45(41)36-24-26-37(47)27-25-36/h7-8,10-11,13-14,16-17,19-20,24-29,35,38-40,53-54H,6,9,12,15,18,21-23,30-34H2,1-5H3,(H,48,55)/t38-,39-,40-/m1/s1. The summed E-state index contributed by atoms with van der Waals surface area (Å²) >= 11 is 0. The predicted octanol–water partition coefficient (Wildman–Crippen LogP) is 7.96. The Bertz CT molecular complexity index is 1920. The Kier molecular flexibility index (Phi) is 21.2. The van der Waals surface area contributed by atoms with Gasteiger partial charge in [0.25, 0.3) is 0 Å². The first-order chi connectivity index (χ1) is 28.2. The van der Waals surface area contributed by atoms with Crippen LogP contribution in [0.1, 0.15) is 109 Å². The number of allylic oxidation sites excluding steroid dienone is 10. The van der Waals surface area contributed by atoms with Crippen LogP contribution in [0.25, 0.3) is 17.3 Å². The quantitative estimate of drug-likeness (QED) is 0.0712. The minimum absolute atomic E-state index is 0.0540. The molecule has 59 heavy (non-hydrogen) atoms. The Morgan fingerprint density at radius 3 is 2.12 bits per heavy atom. The van der Waals surface area contributed by atoms with E-state index in [1.54, 1.807) is 11.0 Å². The maximum atomic E-state index is 13.8. The SMILES string of the molecule is CCC=CCC=CCC=CCC=CCC=CCCCC(=O)N1CC[C@@H](NC(=O)C[C@H](O)C[C@H](O)C=Cc2c(-c3ccc(F)cc3)nc(N(C)S(C)(=O)=O)nc2C(C)C)C1. The minimum atomic E-state index is -3.69. The number of nitrogens with one attached hydrogen (secondary N) is 1. The molecule has 2 amide bonds. The molecule has 322 valence electrons. The number of aliphatic hydroxyl groups excluding tert-OH is 2. The summed E-state index contributed by atoms with van der Waals surface area (Å²) in [4.78, 5) is 36.4. The summed E-state index contributed by atoms with van der Waals surface area (Å²) in [6, 6.07) is 5.38. The van der Waals surface area contributed by atoms with E-state index in [1.807, 2.05) is 13.8 Å². The highest BCUT2D eigenvalue weighted by Crippen LogP contribution is 2.32. The van der Waals surface area contributed by atoms with Gasteiger partial charge in [0, 0.05) is 50.1 Å². The molecule has 11 nitrogen and oxygen atoms in total. The molecule has 2 heterocycles. The smallest absolute Gasteiger partial charge is 0.239 e. The highest BCUT2D eigenvalue weighted by Gasteiger charge is 2.28. The normalized spacial score (nSPS) is 16.3. The van der Waals surface area contributed by atoms with Crippen LogP contribution in [0, 0.1) is 5.82 Å². The average Bonchev–Trinajstić information content (AvgIpc) is 3.65. The van der Waals surface area contributed by atoms with Gasteiger partial charge < -0.3 is 20.4 Å². The molecule has 0 radical (unpaired) electrons. The summed E-state index contributed by atoms with van der Waals surface area (Å²) in [6.45, 7) is 6.87. The summed E-state index contributed by atoms with van der Waals surface area (Å²) in [7, 11) is -2.34. The van der Waals surface area contributed by atoms with E-state index in [-0.39, 0.29) is 42.6 Å². The Labute approximate surface area is 351 Å². The molecule has 0 spiro atoms. The molecule has 0 aliphatic carbocycles. The molecule has 1 aliphatic heterocycles. The lowest BCUT2D eigenvalue weighted by Crippen LogP contribution is -2.39. The van der Waals surface area contributed by atoms with Crippen molar-refractivity contribution in [2.45, 2.75) is 116 Å². The van der Waals surface area contributed by atoms with Crippen LogP contribution in [0.5, 0.6) is 0 Å². The molecule has 0 bridgehead atoms. The number of aliphatic hydroxyl groups is 2. The van der Waals surface area contributed by atoms with Crippen molar-refractivity contribution in [3.8, 4) is 11.3 Å². The molecule has 2 aromatic rings. The molecule has 1 aromatic heterocycles. The molecule has 1 saturated heterocycles. The van der Waals surface area contributed by atoms with Gasteiger partial charge in [-0.25, -0.2) is 27.1 Å². The number of halogens is 1. The number of amides is 2. The predicted molar refractivity (Wildman–Crippen MR) is 236 cm³/mol. The van der Waals surface area contributed by atoms with Crippen LogP contribution in [-0.4, -0.2) is 90.0 Å². The molecule has 0 unspecified atom stereocenters. The number of hydrogen-bond acceptors (Lipinski definition) is 8. The van der Waals surface area contributed by atoms with E-state index in [0.29, 0.717) is 48.4 Å². The Morgan fingerprint density at radius 2 is 1.54 bits per heavy atom. The number of sulfonamides is 1. The number of carbonyl (C=O) groups excluding carboxylic acids is 2. The van der Waals surface area contributed by atoms with Crippen molar-refractivity contribution in [2.24, 2.45) is 0 Å². The number of rotatable bonds is 24. The van der Waals surface area contributed by atoms with Crippen LogP contribution < -0.4 is 9.62 Å². The number of unbranched alkanes of at least 4 members (excludes halogenated alkanes) is 1. The first-order valence-electron chi connectivity index (χ1n) is 20.7. The lowest BCUT2D eigenvalue weighted by atomic mass is 9.97. The summed E-state index contributed by atoms with van der Waals surface area (Å²) < 4.78 is 39.4. The molecule has 3 atom stereocenters. The first kappa shape index (κ1) is 48.6. The van der Waals surface area contributed by atoms with Gasteiger partial charge in [0.15, 0.2) is 0 Å². The highest BCUT2D eigenvalue weighted by molar-refractivity contribution is 7.92. The van der Waals surface area contributed by atoms with E-state index in [2.05, 4.69) is 83.0 Å². The lowest BCUT2D eigenvalue weighted by molar-refractivity contribution is -0.130. The Balaban J connectivity index is 1.42. The number of carbonyl (C=O) groups is 2. The fourth-order valence-electron chi connectivity index (χ4n) is 6.35. The Morgan fingerprint density at radius 1 is 0.949 bits per heavy atom. The van der Waals surface area contributed by atoms with Gasteiger partial charge in [-0.3, -0.25) is 9.59 Å². The van der Waals surface area contributed by atoms with E-state index in [0.717, 1.165) is 55.5 Å². The summed E-state index contributed by atoms with van der Waals surface area (Å²) in [6.07, 6.45) is 30.5. The van der Waals surface area contributed by atoms with E-state index in [1.165, 1.54) is 37.4 Å². The van der Waals surface area contributed by atoms with Gasteiger partial charge in [-0.1, -0.05) is 93.7 Å². The molecule has 1 aromatic carbocycles. The van der Waals surface area contributed by atoms with E-state index in [4.69, 9.17) is 0 Å². The van der Waals surface area contributed by atoms with Crippen molar-refractivity contribution >= 4 is 33.9 Å². The average molecular weight is 834 g/mol. The van der Waals surface area contributed by atoms with Crippen LogP contribution >= 0.6 is 0 Å². The fraction of sp³-hybridized carbons (Fsp3) is 0.478. The molecule has 1 aliphatic rings. The summed E-state index contributed by atoms with van der Waals surface area (Å²) in [5, 5.41) is 24.5. The number of likely N-dealkylation sites (tertiary alicyclic amines) is 1. The highest BCUT2D eigenvalue weighted by atomic mass is 32.2. The van der Waals surface area contributed by atoms with Crippen LogP contribution in [0.2, 0.25) is 0 Å². The van der Waals surface area contributed by atoms with E-state index < -0.39 is 28.0 Å². The van der Waals surface area contributed by atoms with Gasteiger partial charge in [-0.05, 0) is 81.5 Å². The van der Waals surface area contributed by atoms with E-state index >= 15 is 0 Å². The molecule has 0 saturated carbocycles. The third kappa shape index (κ3) is 18.0. The molecule has 13 heteroatoms. The van der Waals surface area contributed by atoms with E-state index in [9.17, 15) is 32.6 Å². The second-order valence-electron chi connectivity index (χ2n) is 15.1. The van der Waals surface area contributed by atoms with Gasteiger partial charge in [-0.15, -0.1) is 0 Å². The van der Waals surface area contributed by atoms with Crippen molar-refractivity contribution in [3.63, 3.8) is 0 Å². The maximum absolute atomic E-state index is 13.8.